The number of nitrogens with zero attached hydrogens (tertiary/aromatic N) is 2. The van der Waals surface area contributed by atoms with Crippen LogP contribution in [0.25, 0.3) is 0 Å². The Morgan fingerprint density at radius 1 is 1.26 bits per heavy atom. The summed E-state index contributed by atoms with van der Waals surface area (Å²) >= 11 is 0. The van der Waals surface area contributed by atoms with Crippen molar-refractivity contribution >= 4 is 11.7 Å². The van der Waals surface area contributed by atoms with Crippen LogP contribution in [0.2, 0.25) is 0 Å². The van der Waals surface area contributed by atoms with Crippen LogP contribution >= 0.6 is 0 Å². The maximum absolute atomic E-state index is 13.1. The standard InChI is InChI=1S/C19H20F3N3O2/c20-19(21,22)14-9-16(12-26)23-17(10-14)25-8-4-7-15(11-25)24-18(27)13-5-2-1-3-6-13/h1-3,5-6,9-10,15,26H,4,7-8,11-12H2,(H,24,27). The van der Waals surface area contributed by atoms with Crippen molar-refractivity contribution in [2.45, 2.75) is 31.7 Å². The Kier molecular flexibility index (Phi) is 5.65. The number of rotatable bonds is 4. The molecule has 5 nitrogen and oxygen atoms in total. The first kappa shape index (κ1) is 19.2. The molecule has 0 aliphatic carbocycles. The summed E-state index contributed by atoms with van der Waals surface area (Å²) in [5.74, 6) is -0.0527. The van der Waals surface area contributed by atoms with Crippen molar-refractivity contribution in [3.05, 3.63) is 59.3 Å². The zero-order chi connectivity index (χ0) is 19.4. The molecule has 0 spiro atoms. The number of carbonyl (C=O) groups excluding carboxylic acids is 1. The third-order valence-corrected chi connectivity index (χ3v) is 4.47. The van der Waals surface area contributed by atoms with Gasteiger partial charge in [-0.3, -0.25) is 4.79 Å². The number of nitrogens with one attached hydrogen (secondary N) is 1. The zero-order valence-electron chi connectivity index (χ0n) is 14.5. The molecule has 144 valence electrons. The van der Waals surface area contributed by atoms with E-state index in [0.29, 0.717) is 25.1 Å². The summed E-state index contributed by atoms with van der Waals surface area (Å²) in [5, 5.41) is 12.2. The van der Waals surface area contributed by atoms with E-state index in [-0.39, 0.29) is 23.5 Å². The van der Waals surface area contributed by atoms with Crippen LogP contribution in [0.4, 0.5) is 19.0 Å². The number of carbonyl (C=O) groups is 1. The highest BCUT2D eigenvalue weighted by Gasteiger charge is 2.33. The lowest BCUT2D eigenvalue weighted by molar-refractivity contribution is -0.137. The van der Waals surface area contributed by atoms with Crippen molar-refractivity contribution in [1.29, 1.82) is 0 Å². The van der Waals surface area contributed by atoms with Crippen LogP contribution < -0.4 is 10.2 Å². The number of aliphatic hydroxyl groups is 1. The second kappa shape index (κ2) is 7.96. The molecule has 0 radical (unpaired) electrons. The molecule has 1 aliphatic rings. The number of aromatic nitrogens is 1. The van der Waals surface area contributed by atoms with E-state index in [9.17, 15) is 23.1 Å². The Hall–Kier alpha value is -2.61. The normalized spacial score (nSPS) is 17.6. The number of hydrogen-bond acceptors (Lipinski definition) is 4. The number of amides is 1. The minimum absolute atomic E-state index is 0.0322. The summed E-state index contributed by atoms with van der Waals surface area (Å²) in [6, 6.07) is 10.4. The number of anilines is 1. The molecule has 1 fully saturated rings. The van der Waals surface area contributed by atoms with Crippen molar-refractivity contribution in [1.82, 2.24) is 10.3 Å². The molecule has 1 saturated heterocycles. The molecule has 0 saturated carbocycles. The number of hydrogen-bond donors (Lipinski definition) is 2. The molecule has 1 atom stereocenters. The molecule has 1 amide bonds. The lowest BCUT2D eigenvalue weighted by atomic mass is 10.0. The van der Waals surface area contributed by atoms with Gasteiger partial charge in [0.2, 0.25) is 0 Å². The number of pyridine rings is 1. The summed E-state index contributed by atoms with van der Waals surface area (Å²) in [5.41, 5.74) is -0.336. The van der Waals surface area contributed by atoms with Gasteiger partial charge in [-0.1, -0.05) is 18.2 Å². The zero-order valence-corrected chi connectivity index (χ0v) is 14.5. The van der Waals surface area contributed by atoms with E-state index in [1.54, 1.807) is 29.2 Å². The maximum atomic E-state index is 13.1. The van der Waals surface area contributed by atoms with Gasteiger partial charge in [0, 0.05) is 24.7 Å². The molecule has 2 aromatic rings. The molecular weight excluding hydrogens is 359 g/mol. The quantitative estimate of drug-likeness (QED) is 0.857. The summed E-state index contributed by atoms with van der Waals surface area (Å²) < 4.78 is 39.3. The summed E-state index contributed by atoms with van der Waals surface area (Å²) in [6.45, 7) is 0.327. The van der Waals surface area contributed by atoms with Gasteiger partial charge in [-0.25, -0.2) is 4.98 Å². The Labute approximate surface area is 154 Å². The first-order valence-electron chi connectivity index (χ1n) is 8.66. The smallest absolute Gasteiger partial charge is 0.390 e. The molecule has 1 aromatic carbocycles. The Bertz CT molecular complexity index is 797. The van der Waals surface area contributed by atoms with E-state index in [1.165, 1.54) is 0 Å². The fourth-order valence-electron chi connectivity index (χ4n) is 3.14. The predicted octanol–water partition coefficient (Wildman–Crippen LogP) is 2.99. The molecular formula is C19H20F3N3O2. The van der Waals surface area contributed by atoms with Crippen LogP contribution in [0.1, 0.15) is 34.5 Å². The van der Waals surface area contributed by atoms with E-state index in [4.69, 9.17) is 0 Å². The third-order valence-electron chi connectivity index (χ3n) is 4.47. The van der Waals surface area contributed by atoms with Gasteiger partial charge in [-0.2, -0.15) is 13.2 Å². The van der Waals surface area contributed by atoms with Crippen LogP contribution in [-0.4, -0.2) is 35.1 Å². The van der Waals surface area contributed by atoms with Gasteiger partial charge in [0.15, 0.2) is 0 Å². The SMILES string of the molecule is O=C(NC1CCCN(c2cc(C(F)(F)F)cc(CO)n2)C1)c1ccccc1. The fraction of sp³-hybridized carbons (Fsp3) is 0.368. The van der Waals surface area contributed by atoms with Crippen molar-refractivity contribution in [3.63, 3.8) is 0 Å². The van der Waals surface area contributed by atoms with Crippen molar-refractivity contribution in [3.8, 4) is 0 Å². The average Bonchev–Trinajstić information content (AvgIpc) is 2.67. The third kappa shape index (κ3) is 4.77. The maximum Gasteiger partial charge on any atom is 0.416 e. The molecule has 1 aromatic heterocycles. The van der Waals surface area contributed by atoms with E-state index in [1.807, 2.05) is 6.07 Å². The second-order valence-electron chi connectivity index (χ2n) is 6.49. The highest BCUT2D eigenvalue weighted by atomic mass is 19.4. The van der Waals surface area contributed by atoms with E-state index in [0.717, 1.165) is 18.6 Å². The fourth-order valence-corrected chi connectivity index (χ4v) is 3.14. The lowest BCUT2D eigenvalue weighted by Gasteiger charge is -2.34. The van der Waals surface area contributed by atoms with Gasteiger partial charge in [-0.15, -0.1) is 0 Å². The molecule has 27 heavy (non-hydrogen) atoms. The predicted molar refractivity (Wildman–Crippen MR) is 94.3 cm³/mol. The molecule has 3 rings (SSSR count). The highest BCUT2D eigenvalue weighted by Crippen LogP contribution is 2.32. The van der Waals surface area contributed by atoms with Gasteiger partial charge < -0.3 is 15.3 Å². The molecule has 1 unspecified atom stereocenters. The number of alkyl halides is 3. The summed E-state index contributed by atoms with van der Waals surface area (Å²) in [6.07, 6.45) is -3.06. The monoisotopic (exact) mass is 379 g/mol. The molecule has 0 bridgehead atoms. The van der Waals surface area contributed by atoms with E-state index in [2.05, 4.69) is 10.3 Å². The van der Waals surface area contributed by atoms with Crippen molar-refractivity contribution in [2.75, 3.05) is 18.0 Å². The minimum Gasteiger partial charge on any atom is -0.390 e. The Morgan fingerprint density at radius 3 is 2.67 bits per heavy atom. The largest absolute Gasteiger partial charge is 0.416 e. The van der Waals surface area contributed by atoms with Gasteiger partial charge in [0.25, 0.3) is 5.91 Å². The van der Waals surface area contributed by atoms with Crippen LogP contribution in [0.15, 0.2) is 42.5 Å². The van der Waals surface area contributed by atoms with E-state index < -0.39 is 18.3 Å². The molecule has 2 N–H and O–H groups in total. The minimum atomic E-state index is -4.52. The van der Waals surface area contributed by atoms with Crippen molar-refractivity contribution in [2.24, 2.45) is 0 Å². The van der Waals surface area contributed by atoms with Gasteiger partial charge in [0.05, 0.1) is 17.9 Å². The van der Waals surface area contributed by atoms with Crippen LogP contribution in [0.3, 0.4) is 0 Å². The topological polar surface area (TPSA) is 65.5 Å². The van der Waals surface area contributed by atoms with Crippen LogP contribution in [0, 0.1) is 0 Å². The lowest BCUT2D eigenvalue weighted by Crippen LogP contribution is -2.48. The summed E-state index contributed by atoms with van der Waals surface area (Å²) in [7, 11) is 0. The van der Waals surface area contributed by atoms with E-state index >= 15 is 0 Å². The number of benzene rings is 1. The summed E-state index contributed by atoms with van der Waals surface area (Å²) in [4.78, 5) is 18.2. The van der Waals surface area contributed by atoms with Crippen LogP contribution in [-0.2, 0) is 12.8 Å². The number of aliphatic hydroxyl groups excluding tert-OH is 1. The molecule has 2 heterocycles. The Morgan fingerprint density at radius 2 is 2.00 bits per heavy atom. The first-order valence-corrected chi connectivity index (χ1v) is 8.66. The van der Waals surface area contributed by atoms with Crippen molar-refractivity contribution < 1.29 is 23.1 Å². The second-order valence-corrected chi connectivity index (χ2v) is 6.49. The number of piperidine rings is 1. The molecule has 8 heteroatoms. The average molecular weight is 379 g/mol. The van der Waals surface area contributed by atoms with Gasteiger partial charge in [-0.05, 0) is 37.1 Å². The van der Waals surface area contributed by atoms with Crippen LogP contribution in [0.5, 0.6) is 0 Å². The van der Waals surface area contributed by atoms with Gasteiger partial charge in [0.1, 0.15) is 5.82 Å². The number of halogens is 3. The first-order chi connectivity index (χ1) is 12.9. The van der Waals surface area contributed by atoms with Gasteiger partial charge >= 0.3 is 6.18 Å². The molecule has 1 aliphatic heterocycles. The Balaban J connectivity index is 1.75. The highest BCUT2D eigenvalue weighted by molar-refractivity contribution is 5.94.